The number of aryl methyl sites for hydroxylation is 1. The lowest BCUT2D eigenvalue weighted by atomic mass is 9.98. The van der Waals surface area contributed by atoms with E-state index in [1.807, 2.05) is 35.9 Å². The van der Waals surface area contributed by atoms with Crippen LogP contribution in [-0.2, 0) is 11.2 Å². The highest BCUT2D eigenvalue weighted by Gasteiger charge is 2.25. The van der Waals surface area contributed by atoms with Crippen molar-refractivity contribution in [2.75, 3.05) is 11.9 Å². The van der Waals surface area contributed by atoms with Gasteiger partial charge in [0, 0.05) is 12.7 Å². The van der Waals surface area contributed by atoms with Crippen LogP contribution in [0.5, 0.6) is 0 Å². The monoisotopic (exact) mass is 273 g/mol. The molecule has 1 N–H and O–H groups in total. The third-order valence-corrected chi connectivity index (χ3v) is 4.57. The molecule has 1 unspecified atom stereocenters. The van der Waals surface area contributed by atoms with Gasteiger partial charge in [0.1, 0.15) is 6.10 Å². The maximum absolute atomic E-state index is 11.7. The fraction of sp³-hybridized carbons (Fsp3) is 0.267. The first-order valence-corrected chi connectivity index (χ1v) is 7.12. The van der Waals surface area contributed by atoms with E-state index in [0.717, 1.165) is 27.9 Å². The molecule has 2 aromatic rings. The van der Waals surface area contributed by atoms with Gasteiger partial charge in [-0.2, -0.15) is 11.3 Å². The standard InChI is InChI=1S/C15H15NO2S/c1-9-7-19-8-12(9)15(18)10-3-4-13-11(5-10)6-14(17)16(13)2/h3-5,7-8,15,18H,6H2,1-2H3. The van der Waals surface area contributed by atoms with Gasteiger partial charge in [0.15, 0.2) is 0 Å². The van der Waals surface area contributed by atoms with Crippen LogP contribution in [0, 0.1) is 6.92 Å². The normalized spacial score (nSPS) is 15.7. The molecule has 1 aromatic carbocycles. The molecule has 3 rings (SSSR count). The Labute approximate surface area is 116 Å². The average Bonchev–Trinajstić information content (AvgIpc) is 2.93. The van der Waals surface area contributed by atoms with Crippen molar-refractivity contribution in [2.45, 2.75) is 19.4 Å². The zero-order valence-electron chi connectivity index (χ0n) is 10.9. The zero-order valence-corrected chi connectivity index (χ0v) is 11.7. The summed E-state index contributed by atoms with van der Waals surface area (Å²) in [6.45, 7) is 2.00. The van der Waals surface area contributed by atoms with E-state index in [0.29, 0.717) is 6.42 Å². The summed E-state index contributed by atoms with van der Waals surface area (Å²) >= 11 is 1.59. The van der Waals surface area contributed by atoms with E-state index in [1.165, 1.54) is 0 Å². The van der Waals surface area contributed by atoms with Gasteiger partial charge in [0.05, 0.1) is 6.42 Å². The third-order valence-electron chi connectivity index (χ3n) is 3.69. The molecule has 0 bridgehead atoms. The largest absolute Gasteiger partial charge is 0.384 e. The van der Waals surface area contributed by atoms with Crippen LogP contribution in [0.15, 0.2) is 29.0 Å². The first-order chi connectivity index (χ1) is 9.08. The Morgan fingerprint density at radius 3 is 2.84 bits per heavy atom. The quantitative estimate of drug-likeness (QED) is 0.914. The van der Waals surface area contributed by atoms with E-state index >= 15 is 0 Å². The number of benzene rings is 1. The summed E-state index contributed by atoms with van der Waals surface area (Å²) in [5.41, 5.74) is 4.84. The Morgan fingerprint density at radius 1 is 1.37 bits per heavy atom. The second kappa shape index (κ2) is 4.47. The molecular weight excluding hydrogens is 258 g/mol. The molecule has 1 aliphatic heterocycles. The number of nitrogens with zero attached hydrogens (tertiary/aromatic N) is 1. The highest BCUT2D eigenvalue weighted by Crippen LogP contribution is 2.33. The molecular formula is C15H15NO2S. The lowest BCUT2D eigenvalue weighted by Gasteiger charge is -2.14. The first kappa shape index (κ1) is 12.4. The lowest BCUT2D eigenvalue weighted by Crippen LogP contribution is -2.20. The first-order valence-electron chi connectivity index (χ1n) is 6.18. The number of hydrogen-bond acceptors (Lipinski definition) is 3. The number of aliphatic hydroxyl groups excluding tert-OH is 1. The van der Waals surface area contributed by atoms with Crippen LogP contribution in [0.2, 0.25) is 0 Å². The number of likely N-dealkylation sites (N-methyl/N-ethyl adjacent to an activating group) is 1. The molecule has 1 atom stereocenters. The summed E-state index contributed by atoms with van der Waals surface area (Å²) in [6, 6.07) is 5.76. The molecule has 0 saturated heterocycles. The van der Waals surface area contributed by atoms with Crippen LogP contribution in [0.1, 0.15) is 28.4 Å². The lowest BCUT2D eigenvalue weighted by molar-refractivity contribution is -0.117. The number of hydrogen-bond donors (Lipinski definition) is 1. The number of carbonyl (C=O) groups is 1. The summed E-state index contributed by atoms with van der Waals surface area (Å²) in [7, 11) is 1.79. The van der Waals surface area contributed by atoms with Crippen LogP contribution < -0.4 is 4.90 Å². The molecule has 4 heteroatoms. The zero-order chi connectivity index (χ0) is 13.6. The van der Waals surface area contributed by atoms with Crippen molar-refractivity contribution >= 4 is 22.9 Å². The molecule has 0 spiro atoms. The minimum absolute atomic E-state index is 0.105. The average molecular weight is 273 g/mol. The van der Waals surface area contributed by atoms with Crippen molar-refractivity contribution in [3.63, 3.8) is 0 Å². The fourth-order valence-electron chi connectivity index (χ4n) is 2.49. The molecule has 0 radical (unpaired) electrons. The van der Waals surface area contributed by atoms with Gasteiger partial charge < -0.3 is 10.0 Å². The highest BCUT2D eigenvalue weighted by molar-refractivity contribution is 7.08. The summed E-state index contributed by atoms with van der Waals surface area (Å²) in [4.78, 5) is 13.3. The summed E-state index contributed by atoms with van der Waals surface area (Å²) in [6.07, 6.45) is -0.188. The van der Waals surface area contributed by atoms with Gasteiger partial charge in [-0.3, -0.25) is 4.79 Å². The third kappa shape index (κ3) is 1.97. The molecule has 0 saturated carbocycles. The van der Waals surface area contributed by atoms with Gasteiger partial charge in [-0.15, -0.1) is 0 Å². The number of rotatable bonds is 2. The van der Waals surface area contributed by atoms with Gasteiger partial charge in [0.2, 0.25) is 5.91 Å². The van der Waals surface area contributed by atoms with Crippen molar-refractivity contribution < 1.29 is 9.90 Å². The van der Waals surface area contributed by atoms with Gasteiger partial charge in [-0.25, -0.2) is 0 Å². The molecule has 1 aliphatic rings. The van der Waals surface area contributed by atoms with Crippen molar-refractivity contribution in [1.29, 1.82) is 0 Å². The number of thiophene rings is 1. The predicted molar refractivity (Wildman–Crippen MR) is 76.7 cm³/mol. The van der Waals surface area contributed by atoms with E-state index < -0.39 is 6.10 Å². The van der Waals surface area contributed by atoms with Crippen LogP contribution in [-0.4, -0.2) is 18.1 Å². The van der Waals surface area contributed by atoms with Gasteiger partial charge in [-0.05, 0) is 46.0 Å². The van der Waals surface area contributed by atoms with E-state index in [1.54, 1.807) is 23.3 Å². The molecule has 0 aliphatic carbocycles. The van der Waals surface area contributed by atoms with Crippen molar-refractivity contribution in [2.24, 2.45) is 0 Å². The van der Waals surface area contributed by atoms with Crippen molar-refractivity contribution in [3.05, 3.63) is 51.2 Å². The molecule has 2 heterocycles. The van der Waals surface area contributed by atoms with Gasteiger partial charge >= 0.3 is 0 Å². The number of carbonyl (C=O) groups excluding carboxylic acids is 1. The Hall–Kier alpha value is -1.65. The summed E-state index contributed by atoms with van der Waals surface area (Å²) < 4.78 is 0. The summed E-state index contributed by atoms with van der Waals surface area (Å²) in [5.74, 6) is 0.105. The second-order valence-corrected chi connectivity index (χ2v) is 5.67. The molecule has 3 nitrogen and oxygen atoms in total. The second-order valence-electron chi connectivity index (χ2n) is 4.93. The Morgan fingerprint density at radius 2 is 2.16 bits per heavy atom. The summed E-state index contributed by atoms with van der Waals surface area (Å²) in [5, 5.41) is 14.4. The molecule has 0 fully saturated rings. The molecule has 1 amide bonds. The minimum Gasteiger partial charge on any atom is -0.384 e. The Kier molecular flexibility index (Phi) is 2.92. The number of amides is 1. The number of fused-ring (bicyclic) bond motifs is 1. The topological polar surface area (TPSA) is 40.5 Å². The Balaban J connectivity index is 1.98. The molecule has 19 heavy (non-hydrogen) atoms. The van der Waals surface area contributed by atoms with Crippen LogP contribution in [0.3, 0.4) is 0 Å². The van der Waals surface area contributed by atoms with E-state index in [4.69, 9.17) is 0 Å². The van der Waals surface area contributed by atoms with Crippen LogP contribution in [0.25, 0.3) is 0 Å². The maximum Gasteiger partial charge on any atom is 0.231 e. The van der Waals surface area contributed by atoms with Crippen LogP contribution >= 0.6 is 11.3 Å². The van der Waals surface area contributed by atoms with Gasteiger partial charge in [-0.1, -0.05) is 12.1 Å². The number of aliphatic hydroxyl groups is 1. The minimum atomic E-state index is -0.613. The smallest absolute Gasteiger partial charge is 0.231 e. The van der Waals surface area contributed by atoms with E-state index in [-0.39, 0.29) is 5.91 Å². The maximum atomic E-state index is 11.7. The van der Waals surface area contributed by atoms with Crippen molar-refractivity contribution in [3.8, 4) is 0 Å². The predicted octanol–water partition coefficient (Wildman–Crippen LogP) is 2.66. The van der Waals surface area contributed by atoms with Gasteiger partial charge in [0.25, 0.3) is 0 Å². The van der Waals surface area contributed by atoms with Crippen LogP contribution in [0.4, 0.5) is 5.69 Å². The Bertz CT molecular complexity index is 647. The van der Waals surface area contributed by atoms with Crippen molar-refractivity contribution in [1.82, 2.24) is 0 Å². The molecule has 98 valence electrons. The molecule has 1 aromatic heterocycles. The van der Waals surface area contributed by atoms with E-state index in [2.05, 4.69) is 0 Å². The SMILES string of the molecule is Cc1cscc1C(O)c1ccc2c(c1)CC(=O)N2C. The fourth-order valence-corrected chi connectivity index (χ4v) is 3.36. The highest BCUT2D eigenvalue weighted by atomic mass is 32.1. The van der Waals surface area contributed by atoms with E-state index in [9.17, 15) is 9.90 Å². The number of anilines is 1.